The summed E-state index contributed by atoms with van der Waals surface area (Å²) < 4.78 is 35.3. The van der Waals surface area contributed by atoms with Gasteiger partial charge >= 0.3 is 7.12 Å². The van der Waals surface area contributed by atoms with Crippen molar-refractivity contribution < 1.29 is 27.9 Å². The van der Waals surface area contributed by atoms with Gasteiger partial charge in [0, 0.05) is 31.2 Å². The fraction of sp³-hybridized carbons (Fsp3) is 0.173. The van der Waals surface area contributed by atoms with Crippen molar-refractivity contribution in [3.63, 3.8) is 0 Å². The topological polar surface area (TPSA) is 105 Å². The molecule has 2 aliphatic heterocycles. The van der Waals surface area contributed by atoms with Crippen LogP contribution in [0.3, 0.4) is 0 Å². The average Bonchev–Trinajstić information content (AvgIpc) is 3.32. The molecule has 65 heavy (non-hydrogen) atoms. The molecule has 0 aromatic heterocycles. The van der Waals surface area contributed by atoms with Crippen molar-refractivity contribution in [1.82, 2.24) is 0 Å². The number of halogens is 2. The van der Waals surface area contributed by atoms with Crippen molar-refractivity contribution in [3.05, 3.63) is 200 Å². The SMILES string of the molecule is CC(=NCS(=O)(=O)c1ccc(C)cc1)c1ccc2c(c1)Cc1ccccc1S2.COc1cc(B(O)O)ccc1Cl.COc1cc(C(C)c2ccc3c(c2)Cc2ccccc2S3)ccc1Cl. The molecule has 7 aromatic rings. The highest BCUT2D eigenvalue weighted by Crippen LogP contribution is 2.42. The van der Waals surface area contributed by atoms with Gasteiger partial charge in [0.2, 0.25) is 0 Å². The van der Waals surface area contributed by atoms with Gasteiger partial charge in [-0.3, -0.25) is 4.99 Å². The lowest BCUT2D eigenvalue weighted by molar-refractivity contribution is 0.412. The van der Waals surface area contributed by atoms with Crippen molar-refractivity contribution >= 4 is 74.9 Å². The highest BCUT2D eigenvalue weighted by molar-refractivity contribution is 7.99. The number of aliphatic imine (C=N–C) groups is 1. The van der Waals surface area contributed by atoms with Crippen LogP contribution in [0.1, 0.15) is 64.3 Å². The summed E-state index contributed by atoms with van der Waals surface area (Å²) in [6, 6.07) is 47.7. The van der Waals surface area contributed by atoms with Gasteiger partial charge in [-0.25, -0.2) is 8.42 Å². The highest BCUT2D eigenvalue weighted by Gasteiger charge is 2.20. The second-order valence-electron chi connectivity index (χ2n) is 15.6. The van der Waals surface area contributed by atoms with Crippen molar-refractivity contribution in [2.24, 2.45) is 4.99 Å². The minimum absolute atomic E-state index is 0.240. The Morgan fingerprint density at radius 3 is 1.77 bits per heavy atom. The zero-order valence-corrected chi connectivity index (χ0v) is 40.5. The Bertz CT molecular complexity index is 2960. The van der Waals surface area contributed by atoms with Crippen molar-refractivity contribution in [2.45, 2.75) is 64.0 Å². The second kappa shape index (κ2) is 21.6. The first-order valence-corrected chi connectivity index (χ1v) is 24.9. The van der Waals surface area contributed by atoms with E-state index in [-0.39, 0.29) is 5.88 Å². The summed E-state index contributed by atoms with van der Waals surface area (Å²) >= 11 is 15.5. The van der Waals surface area contributed by atoms with E-state index >= 15 is 0 Å². The van der Waals surface area contributed by atoms with Crippen LogP contribution in [0.5, 0.6) is 11.5 Å². The molecule has 0 saturated heterocycles. The Morgan fingerprint density at radius 1 is 0.662 bits per heavy atom. The fourth-order valence-electron chi connectivity index (χ4n) is 7.36. The van der Waals surface area contributed by atoms with Crippen LogP contribution < -0.4 is 14.9 Å². The molecule has 0 aliphatic carbocycles. The third-order valence-corrected chi connectivity index (χ3v) is 15.8. The van der Waals surface area contributed by atoms with Crippen LogP contribution >= 0.6 is 46.7 Å². The molecule has 13 heteroatoms. The van der Waals surface area contributed by atoms with Crippen molar-refractivity contribution in [3.8, 4) is 11.5 Å². The number of hydrogen-bond donors (Lipinski definition) is 2. The average molecular weight is 961 g/mol. The van der Waals surface area contributed by atoms with Crippen molar-refractivity contribution in [1.29, 1.82) is 0 Å². The summed E-state index contributed by atoms with van der Waals surface area (Å²) in [5, 5.41) is 18.7. The fourth-order valence-corrected chi connectivity index (χ4v) is 10.9. The van der Waals surface area contributed by atoms with E-state index in [4.69, 9.17) is 42.7 Å². The van der Waals surface area contributed by atoms with E-state index in [1.807, 2.05) is 55.9 Å². The number of ether oxygens (including phenoxy) is 2. The number of hydrogen-bond acceptors (Lipinski definition) is 9. The van der Waals surface area contributed by atoms with E-state index < -0.39 is 17.0 Å². The Balaban J connectivity index is 0.000000157. The van der Waals surface area contributed by atoms with Crippen LogP contribution in [0, 0.1) is 6.92 Å². The molecule has 2 N–H and O–H groups in total. The molecule has 0 radical (unpaired) electrons. The molecule has 7 aromatic carbocycles. The Labute approximate surface area is 401 Å². The van der Waals surface area contributed by atoms with Crippen LogP contribution in [0.2, 0.25) is 10.0 Å². The number of fused-ring (bicyclic) bond motifs is 4. The molecule has 0 amide bonds. The minimum Gasteiger partial charge on any atom is -0.495 e. The summed E-state index contributed by atoms with van der Waals surface area (Å²) in [6.07, 6.45) is 1.89. The predicted octanol–water partition coefficient (Wildman–Crippen LogP) is 11.9. The Kier molecular flexibility index (Phi) is 15.9. The van der Waals surface area contributed by atoms with Crippen LogP contribution in [0.25, 0.3) is 0 Å². The minimum atomic E-state index is -3.43. The first kappa shape index (κ1) is 48.0. The Morgan fingerprint density at radius 2 is 1.17 bits per heavy atom. The maximum atomic E-state index is 12.5. The van der Waals surface area contributed by atoms with Gasteiger partial charge < -0.3 is 19.5 Å². The molecule has 1 unspecified atom stereocenters. The van der Waals surface area contributed by atoms with E-state index in [2.05, 4.69) is 96.8 Å². The maximum absolute atomic E-state index is 12.5. The number of benzene rings is 7. The molecular formula is C52H48BCl2NO6S3. The summed E-state index contributed by atoms with van der Waals surface area (Å²) in [5.74, 6) is 1.21. The van der Waals surface area contributed by atoms with Crippen molar-refractivity contribution in [2.75, 3.05) is 20.1 Å². The molecule has 0 bridgehead atoms. The number of nitrogens with zero attached hydrogens (tertiary/aromatic N) is 1. The summed E-state index contributed by atoms with van der Waals surface area (Å²) in [6.45, 7) is 6.04. The van der Waals surface area contributed by atoms with Gasteiger partial charge in [0.1, 0.15) is 17.4 Å². The van der Waals surface area contributed by atoms with Crippen LogP contribution in [-0.4, -0.2) is 51.4 Å². The molecule has 332 valence electrons. The summed E-state index contributed by atoms with van der Waals surface area (Å²) in [5.41, 5.74) is 11.1. The first-order valence-electron chi connectivity index (χ1n) is 20.8. The van der Waals surface area contributed by atoms with E-state index in [0.29, 0.717) is 32.1 Å². The largest absolute Gasteiger partial charge is 0.495 e. The van der Waals surface area contributed by atoms with Crippen LogP contribution in [-0.2, 0) is 22.7 Å². The van der Waals surface area contributed by atoms with Crippen LogP contribution in [0.15, 0.2) is 175 Å². The highest BCUT2D eigenvalue weighted by atomic mass is 35.5. The number of sulfone groups is 1. The molecule has 1 atom stereocenters. The molecule has 7 nitrogen and oxygen atoms in total. The van der Waals surface area contributed by atoms with E-state index in [1.165, 1.54) is 72.2 Å². The van der Waals surface area contributed by atoms with Crippen LogP contribution in [0.4, 0.5) is 0 Å². The lowest BCUT2D eigenvalue weighted by Crippen LogP contribution is -2.29. The number of rotatable bonds is 9. The smallest absolute Gasteiger partial charge is 0.488 e. The predicted molar refractivity (Wildman–Crippen MR) is 268 cm³/mol. The third kappa shape index (κ3) is 11.9. The monoisotopic (exact) mass is 959 g/mol. The summed E-state index contributed by atoms with van der Waals surface area (Å²) in [7, 11) is -1.80. The quantitative estimate of drug-likeness (QED) is 0.109. The number of aryl methyl sites for hydroxylation is 1. The van der Waals surface area contributed by atoms with Gasteiger partial charge in [-0.1, -0.05) is 138 Å². The summed E-state index contributed by atoms with van der Waals surface area (Å²) in [4.78, 5) is 9.99. The van der Waals surface area contributed by atoms with Gasteiger partial charge in [-0.15, -0.1) is 0 Å². The zero-order valence-electron chi connectivity index (χ0n) is 36.6. The van der Waals surface area contributed by atoms with Gasteiger partial charge in [0.15, 0.2) is 9.84 Å². The molecule has 2 aliphatic rings. The molecule has 2 heterocycles. The lowest BCUT2D eigenvalue weighted by atomic mass is 9.80. The van der Waals surface area contributed by atoms with Gasteiger partial charge in [0.05, 0.1) is 29.2 Å². The first-order chi connectivity index (χ1) is 31.2. The van der Waals surface area contributed by atoms with Gasteiger partial charge in [-0.05, 0) is 138 Å². The molecule has 0 saturated carbocycles. The molecular weight excluding hydrogens is 912 g/mol. The van der Waals surface area contributed by atoms with Gasteiger partial charge in [0.25, 0.3) is 0 Å². The third-order valence-electron chi connectivity index (χ3n) is 11.2. The molecule has 0 fully saturated rings. The normalized spacial score (nSPS) is 13.0. The van der Waals surface area contributed by atoms with E-state index in [9.17, 15) is 8.42 Å². The standard InChI is InChI=1S/C23H21NO2S2.C22H19ClOS.C7H8BClO3/c1-16-7-10-21(11-8-16)28(25,26)15-24-17(2)18-9-12-23-20(13-18)14-19-5-3-4-6-22(19)27-23;1-14(16-7-9-19(23)20(13-16)24-2)15-8-10-22-18(11-15)12-17-5-3-4-6-21(17)25-22;1-12-7-4-5(8(10)11)2-3-6(7)9/h3-13H,14-15H2,1-2H3;3-11,13-14H,12H2,1-2H3;2-4,10-11H,1H3. The maximum Gasteiger partial charge on any atom is 0.488 e. The van der Waals surface area contributed by atoms with E-state index in [0.717, 1.165) is 35.4 Å². The molecule has 0 spiro atoms. The lowest BCUT2D eigenvalue weighted by Gasteiger charge is -2.21. The van der Waals surface area contributed by atoms with E-state index in [1.54, 1.807) is 37.1 Å². The molecule has 9 rings (SSSR count). The van der Waals surface area contributed by atoms with Gasteiger partial charge in [-0.2, -0.15) is 0 Å². The second-order valence-corrected chi connectivity index (χ2v) is 20.6. The Hall–Kier alpha value is -4.98. The number of methoxy groups -OCH3 is 2. The zero-order chi connectivity index (χ0) is 46.3.